The summed E-state index contributed by atoms with van der Waals surface area (Å²) in [4.78, 5) is 19.3. The van der Waals surface area contributed by atoms with E-state index in [0.29, 0.717) is 13.0 Å². The molecule has 7 heteroatoms. The average Bonchev–Trinajstić information content (AvgIpc) is 3.36. The van der Waals surface area contributed by atoms with Crippen molar-refractivity contribution in [2.75, 3.05) is 7.11 Å². The van der Waals surface area contributed by atoms with Crippen LogP contribution in [0.4, 0.5) is 4.39 Å². The molecule has 3 heterocycles. The number of ether oxygens (including phenoxy) is 1. The van der Waals surface area contributed by atoms with Gasteiger partial charge in [0.1, 0.15) is 17.7 Å². The third-order valence-electron chi connectivity index (χ3n) is 6.71. The predicted octanol–water partition coefficient (Wildman–Crippen LogP) is 4.62. The van der Waals surface area contributed by atoms with Crippen LogP contribution in [0.5, 0.6) is 5.75 Å². The summed E-state index contributed by atoms with van der Waals surface area (Å²) >= 11 is 0. The molecular weight excluding hydrogens is 431 g/mol. The highest BCUT2D eigenvalue weighted by Crippen LogP contribution is 2.42. The molecule has 4 aromatic rings. The lowest BCUT2D eigenvalue weighted by atomic mass is 9.97. The first-order valence-electron chi connectivity index (χ1n) is 11.2. The van der Waals surface area contributed by atoms with Gasteiger partial charge < -0.3 is 9.72 Å². The first-order valence-corrected chi connectivity index (χ1v) is 11.2. The summed E-state index contributed by atoms with van der Waals surface area (Å²) in [6.07, 6.45) is 1.86. The van der Waals surface area contributed by atoms with Crippen LogP contribution in [0.3, 0.4) is 0 Å². The van der Waals surface area contributed by atoms with Crippen LogP contribution < -0.4 is 4.74 Å². The van der Waals surface area contributed by atoms with E-state index in [-0.39, 0.29) is 17.8 Å². The molecule has 2 aliphatic heterocycles. The minimum absolute atomic E-state index is 0.0602. The second-order valence-corrected chi connectivity index (χ2v) is 8.65. The van der Waals surface area contributed by atoms with E-state index in [0.717, 1.165) is 33.5 Å². The Morgan fingerprint density at radius 2 is 1.82 bits per heavy atom. The second kappa shape index (κ2) is 8.11. The number of H-pyrrole nitrogens is 1. The molecule has 1 saturated heterocycles. The van der Waals surface area contributed by atoms with Gasteiger partial charge in [0.05, 0.1) is 19.4 Å². The van der Waals surface area contributed by atoms with Crippen molar-refractivity contribution in [3.05, 3.63) is 101 Å². The van der Waals surface area contributed by atoms with Crippen molar-refractivity contribution in [1.29, 1.82) is 0 Å². The first-order chi connectivity index (χ1) is 16.6. The van der Waals surface area contributed by atoms with Gasteiger partial charge in [0.15, 0.2) is 0 Å². The number of hydrogen-bond acceptors (Lipinski definition) is 4. The summed E-state index contributed by atoms with van der Waals surface area (Å²) in [7, 11) is 1.62. The smallest absolute Gasteiger partial charge is 0.262 e. The molecule has 2 unspecified atom stereocenters. The van der Waals surface area contributed by atoms with Gasteiger partial charge in [-0.25, -0.2) is 9.40 Å². The highest BCUT2D eigenvalue weighted by atomic mass is 19.1. The van der Waals surface area contributed by atoms with E-state index in [2.05, 4.69) is 27.1 Å². The maximum absolute atomic E-state index is 13.7. The molecule has 0 spiro atoms. The zero-order valence-corrected chi connectivity index (χ0v) is 18.6. The van der Waals surface area contributed by atoms with E-state index in [1.165, 1.54) is 22.7 Å². The van der Waals surface area contributed by atoms with Crippen LogP contribution in [0.25, 0.3) is 10.9 Å². The van der Waals surface area contributed by atoms with Crippen LogP contribution in [0.2, 0.25) is 0 Å². The maximum atomic E-state index is 13.7. The van der Waals surface area contributed by atoms with Crippen molar-refractivity contribution < 1.29 is 13.9 Å². The summed E-state index contributed by atoms with van der Waals surface area (Å²) in [5, 5.41) is 7.31. The number of fused-ring (bicyclic) bond motifs is 4. The molecule has 0 saturated carbocycles. The lowest BCUT2D eigenvalue weighted by Crippen LogP contribution is -2.39. The number of carbonyl (C=O) groups excluding carboxylic acids is 1. The fourth-order valence-corrected chi connectivity index (χ4v) is 5.03. The fraction of sp³-hybridized carbons (Fsp3) is 0.185. The number of rotatable bonds is 4. The van der Waals surface area contributed by atoms with Gasteiger partial charge in [-0.2, -0.15) is 5.10 Å². The summed E-state index contributed by atoms with van der Waals surface area (Å²) < 4.78 is 18.9. The molecule has 1 N–H and O–H groups in total. The third-order valence-corrected chi connectivity index (χ3v) is 6.71. The normalized spacial score (nSPS) is 20.2. The van der Waals surface area contributed by atoms with E-state index in [1.54, 1.807) is 25.5 Å². The fourth-order valence-electron chi connectivity index (χ4n) is 5.03. The highest BCUT2D eigenvalue weighted by molar-refractivity contribution is 5.90. The van der Waals surface area contributed by atoms with Gasteiger partial charge in [-0.1, -0.05) is 30.3 Å². The highest BCUT2D eigenvalue weighted by Gasteiger charge is 2.49. The zero-order valence-electron chi connectivity index (χ0n) is 18.6. The van der Waals surface area contributed by atoms with Gasteiger partial charge in [0.2, 0.25) is 0 Å². The summed E-state index contributed by atoms with van der Waals surface area (Å²) in [5.74, 6) is 0.383. The van der Waals surface area contributed by atoms with Crippen molar-refractivity contribution in [2.24, 2.45) is 5.10 Å². The number of amides is 1. The molecular formula is C27H23FN4O2. The molecule has 1 fully saturated rings. The number of aromatic nitrogens is 1. The number of halogens is 1. The number of methoxy groups -OCH3 is 1. The van der Waals surface area contributed by atoms with Crippen LogP contribution >= 0.6 is 0 Å². The number of benzene rings is 3. The molecule has 3 aromatic carbocycles. The number of hydrazone groups is 1. The monoisotopic (exact) mass is 454 g/mol. The van der Waals surface area contributed by atoms with Crippen LogP contribution in [-0.4, -0.2) is 40.2 Å². The summed E-state index contributed by atoms with van der Waals surface area (Å²) in [6.45, 7) is 0.580. The number of aromatic amines is 1. The molecule has 34 heavy (non-hydrogen) atoms. The zero-order chi connectivity index (χ0) is 23.2. The Bertz CT molecular complexity index is 1390. The molecule has 170 valence electrons. The second-order valence-electron chi connectivity index (χ2n) is 8.65. The van der Waals surface area contributed by atoms with E-state index < -0.39 is 6.17 Å². The molecule has 6 nitrogen and oxygen atoms in total. The molecule has 1 amide bonds. The number of para-hydroxylation sites is 1. The Kier molecular flexibility index (Phi) is 4.92. The van der Waals surface area contributed by atoms with Crippen molar-refractivity contribution in [2.45, 2.75) is 25.2 Å². The van der Waals surface area contributed by atoms with Crippen molar-refractivity contribution in [3.63, 3.8) is 0 Å². The van der Waals surface area contributed by atoms with Crippen LogP contribution in [0, 0.1) is 5.82 Å². The standard InChI is InChI=1S/C27H23FN4O2/c1-34-20-12-6-17(7-13-20)15-29-32-26(18-8-10-19(28)11-9-18)31-16-24-22(14-25(31)27(32)33)21-4-2-3-5-23(21)30-24/h2-13,15,25-26,30H,14,16H2,1H3. The van der Waals surface area contributed by atoms with E-state index in [9.17, 15) is 9.18 Å². The lowest BCUT2D eigenvalue weighted by molar-refractivity contribution is -0.130. The van der Waals surface area contributed by atoms with Crippen molar-refractivity contribution in [1.82, 2.24) is 14.9 Å². The molecule has 6 rings (SSSR count). The van der Waals surface area contributed by atoms with Gasteiger partial charge in [0, 0.05) is 23.1 Å². The molecule has 1 aromatic heterocycles. The predicted molar refractivity (Wildman–Crippen MR) is 128 cm³/mol. The van der Waals surface area contributed by atoms with Crippen LogP contribution in [-0.2, 0) is 17.8 Å². The molecule has 0 bridgehead atoms. The van der Waals surface area contributed by atoms with Gasteiger partial charge in [0.25, 0.3) is 5.91 Å². The maximum Gasteiger partial charge on any atom is 0.262 e. The largest absolute Gasteiger partial charge is 0.497 e. The first kappa shape index (κ1) is 20.6. The van der Waals surface area contributed by atoms with E-state index >= 15 is 0 Å². The van der Waals surface area contributed by atoms with Crippen LogP contribution in [0.1, 0.15) is 28.6 Å². The third kappa shape index (κ3) is 3.36. The van der Waals surface area contributed by atoms with E-state index in [4.69, 9.17) is 4.74 Å². The number of nitrogens with one attached hydrogen (secondary N) is 1. The van der Waals surface area contributed by atoms with Gasteiger partial charge in [-0.3, -0.25) is 9.69 Å². The van der Waals surface area contributed by atoms with Gasteiger partial charge >= 0.3 is 0 Å². The summed E-state index contributed by atoms with van der Waals surface area (Å²) in [5.41, 5.74) is 5.05. The topological polar surface area (TPSA) is 60.9 Å². The van der Waals surface area contributed by atoms with Gasteiger partial charge in [-0.15, -0.1) is 0 Å². The van der Waals surface area contributed by atoms with Crippen molar-refractivity contribution >= 4 is 23.0 Å². The number of nitrogens with zero attached hydrogens (tertiary/aromatic N) is 3. The molecule has 2 atom stereocenters. The number of hydrogen-bond donors (Lipinski definition) is 1. The summed E-state index contributed by atoms with van der Waals surface area (Å²) in [6, 6.07) is 21.6. The number of carbonyl (C=O) groups is 1. The Morgan fingerprint density at radius 1 is 1.06 bits per heavy atom. The average molecular weight is 455 g/mol. The Hall–Kier alpha value is -3.97. The SMILES string of the molecule is COc1ccc(C=NN2C(=O)C3Cc4c([nH]c5ccccc45)CN3C2c2ccc(F)cc2)cc1. The Morgan fingerprint density at radius 3 is 2.59 bits per heavy atom. The van der Waals surface area contributed by atoms with Crippen LogP contribution in [0.15, 0.2) is 77.9 Å². The lowest BCUT2D eigenvalue weighted by Gasteiger charge is -2.32. The quantitative estimate of drug-likeness (QED) is 0.458. The van der Waals surface area contributed by atoms with Gasteiger partial charge in [-0.05, 0) is 65.6 Å². The molecule has 0 aliphatic carbocycles. The van der Waals surface area contributed by atoms with Crippen molar-refractivity contribution in [3.8, 4) is 5.75 Å². The molecule has 0 radical (unpaired) electrons. The Balaban J connectivity index is 1.39. The minimum Gasteiger partial charge on any atom is -0.497 e. The minimum atomic E-state index is -0.424. The van der Waals surface area contributed by atoms with E-state index in [1.807, 2.05) is 36.4 Å². The molecule has 2 aliphatic rings. The Labute approximate surface area is 196 Å².